The van der Waals surface area contributed by atoms with Gasteiger partial charge in [-0.3, -0.25) is 9.78 Å². The van der Waals surface area contributed by atoms with E-state index >= 15 is 0 Å². The Bertz CT molecular complexity index is 969. The molecule has 29 heavy (non-hydrogen) atoms. The molecule has 3 aromatic rings. The first kappa shape index (κ1) is 19.2. The first-order valence-corrected chi connectivity index (χ1v) is 10.2. The molecule has 1 aromatic heterocycles. The smallest absolute Gasteiger partial charge is 0.255 e. The molecule has 0 aliphatic carbocycles. The zero-order chi connectivity index (χ0) is 20.1. The molecule has 1 saturated heterocycles. The molecule has 0 unspecified atom stereocenters. The predicted octanol–water partition coefficient (Wildman–Crippen LogP) is 3.67. The summed E-state index contributed by atoms with van der Waals surface area (Å²) >= 11 is 0. The van der Waals surface area contributed by atoms with Gasteiger partial charge in [0.25, 0.3) is 5.91 Å². The largest absolute Gasteiger partial charge is 0.493 e. The van der Waals surface area contributed by atoms with Gasteiger partial charge >= 0.3 is 0 Å². The van der Waals surface area contributed by atoms with E-state index in [1.807, 2.05) is 43.3 Å². The van der Waals surface area contributed by atoms with Crippen molar-refractivity contribution in [2.75, 3.05) is 31.1 Å². The summed E-state index contributed by atoms with van der Waals surface area (Å²) in [6.45, 7) is 4.98. The molecule has 1 aliphatic rings. The van der Waals surface area contributed by atoms with Crippen molar-refractivity contribution >= 4 is 22.5 Å². The molecule has 0 saturated carbocycles. The number of nitrogens with one attached hydrogen (secondary N) is 1. The summed E-state index contributed by atoms with van der Waals surface area (Å²) in [7, 11) is 0. The summed E-state index contributed by atoms with van der Waals surface area (Å²) in [4.78, 5) is 23.8. The van der Waals surface area contributed by atoms with Crippen molar-refractivity contribution in [1.82, 2.24) is 15.3 Å². The maximum Gasteiger partial charge on any atom is 0.255 e. The van der Waals surface area contributed by atoms with Crippen LogP contribution in [0.25, 0.3) is 10.8 Å². The first-order chi connectivity index (χ1) is 14.3. The predicted molar refractivity (Wildman–Crippen MR) is 114 cm³/mol. The Balaban J connectivity index is 1.41. The van der Waals surface area contributed by atoms with E-state index < -0.39 is 0 Å². The van der Waals surface area contributed by atoms with Crippen molar-refractivity contribution in [2.45, 2.75) is 19.8 Å². The van der Waals surface area contributed by atoms with Crippen LogP contribution in [0.15, 0.2) is 55.0 Å². The fraction of sp³-hybridized carbons (Fsp3) is 0.348. The van der Waals surface area contributed by atoms with Crippen LogP contribution in [0.4, 0.5) is 5.82 Å². The highest BCUT2D eigenvalue weighted by Gasteiger charge is 2.22. The Morgan fingerprint density at radius 3 is 2.76 bits per heavy atom. The minimum absolute atomic E-state index is 0.0680. The average molecular weight is 390 g/mol. The maximum atomic E-state index is 13.1. The van der Waals surface area contributed by atoms with Gasteiger partial charge in [-0.25, -0.2) is 4.98 Å². The second-order valence-corrected chi connectivity index (χ2v) is 7.30. The van der Waals surface area contributed by atoms with E-state index in [4.69, 9.17) is 4.74 Å². The summed E-state index contributed by atoms with van der Waals surface area (Å²) < 4.78 is 5.74. The van der Waals surface area contributed by atoms with Crippen molar-refractivity contribution in [2.24, 2.45) is 5.92 Å². The Labute approximate surface area is 170 Å². The molecule has 0 radical (unpaired) electrons. The second kappa shape index (κ2) is 8.90. The summed E-state index contributed by atoms with van der Waals surface area (Å²) in [6.07, 6.45) is 7.25. The van der Waals surface area contributed by atoms with Crippen LogP contribution in [-0.2, 0) is 0 Å². The number of piperidine rings is 1. The molecule has 1 fully saturated rings. The zero-order valence-electron chi connectivity index (χ0n) is 16.7. The third-order valence-corrected chi connectivity index (χ3v) is 5.46. The van der Waals surface area contributed by atoms with E-state index in [0.29, 0.717) is 30.4 Å². The molecular weight excluding hydrogens is 364 g/mol. The Morgan fingerprint density at radius 2 is 2.00 bits per heavy atom. The quantitative estimate of drug-likeness (QED) is 0.696. The molecule has 2 aromatic carbocycles. The number of hydrogen-bond acceptors (Lipinski definition) is 5. The van der Waals surface area contributed by atoms with Crippen molar-refractivity contribution in [3.63, 3.8) is 0 Å². The number of ether oxygens (including phenoxy) is 1. The van der Waals surface area contributed by atoms with Crippen LogP contribution in [0.3, 0.4) is 0 Å². The van der Waals surface area contributed by atoms with Gasteiger partial charge in [0.15, 0.2) is 0 Å². The van der Waals surface area contributed by atoms with E-state index in [2.05, 4.69) is 20.2 Å². The molecule has 0 bridgehead atoms. The maximum absolute atomic E-state index is 13.1. The van der Waals surface area contributed by atoms with Gasteiger partial charge in [0, 0.05) is 32.0 Å². The lowest BCUT2D eigenvalue weighted by Gasteiger charge is -2.32. The van der Waals surface area contributed by atoms with Crippen molar-refractivity contribution < 1.29 is 9.53 Å². The standard InChI is InChI=1S/C23H26N4O2/c1-2-29-20-8-7-18-5-3-4-6-19(18)22(20)23(28)26-15-17-9-13-27(14-10-17)21-16-24-11-12-25-21/h3-8,11-12,16-17H,2,9-10,13-15H2,1H3,(H,26,28). The molecule has 6 heteroatoms. The van der Waals surface area contributed by atoms with Crippen LogP contribution in [0, 0.1) is 5.92 Å². The second-order valence-electron chi connectivity index (χ2n) is 7.30. The third-order valence-electron chi connectivity index (χ3n) is 5.46. The number of rotatable bonds is 6. The topological polar surface area (TPSA) is 67.3 Å². The van der Waals surface area contributed by atoms with Gasteiger partial charge in [0.1, 0.15) is 11.6 Å². The summed E-state index contributed by atoms with van der Waals surface area (Å²) in [5, 5.41) is 5.11. The number of aromatic nitrogens is 2. The van der Waals surface area contributed by atoms with Crippen LogP contribution < -0.4 is 15.0 Å². The lowest BCUT2D eigenvalue weighted by molar-refractivity contribution is 0.0943. The van der Waals surface area contributed by atoms with Crippen molar-refractivity contribution in [3.05, 3.63) is 60.6 Å². The van der Waals surface area contributed by atoms with E-state index in [0.717, 1.165) is 42.5 Å². The van der Waals surface area contributed by atoms with Gasteiger partial charge in [0.2, 0.25) is 0 Å². The van der Waals surface area contributed by atoms with Gasteiger partial charge in [-0.1, -0.05) is 30.3 Å². The molecule has 2 heterocycles. The Morgan fingerprint density at radius 1 is 1.17 bits per heavy atom. The highest BCUT2D eigenvalue weighted by Crippen LogP contribution is 2.28. The van der Waals surface area contributed by atoms with Crippen LogP contribution in [0.5, 0.6) is 5.75 Å². The third kappa shape index (κ3) is 4.31. The summed E-state index contributed by atoms with van der Waals surface area (Å²) in [5.41, 5.74) is 0.627. The van der Waals surface area contributed by atoms with Gasteiger partial charge in [-0.05, 0) is 42.5 Å². The molecule has 4 rings (SSSR count). The van der Waals surface area contributed by atoms with E-state index in [-0.39, 0.29) is 5.91 Å². The van der Waals surface area contributed by atoms with Gasteiger partial charge in [0.05, 0.1) is 18.4 Å². The Kier molecular flexibility index (Phi) is 5.89. The molecule has 6 nitrogen and oxygen atoms in total. The first-order valence-electron chi connectivity index (χ1n) is 10.2. The molecule has 0 spiro atoms. The highest BCUT2D eigenvalue weighted by atomic mass is 16.5. The van der Waals surface area contributed by atoms with Gasteiger partial charge in [-0.15, -0.1) is 0 Å². The monoisotopic (exact) mass is 390 g/mol. The lowest BCUT2D eigenvalue weighted by atomic mass is 9.96. The van der Waals surface area contributed by atoms with Crippen molar-refractivity contribution in [3.8, 4) is 5.75 Å². The minimum Gasteiger partial charge on any atom is -0.493 e. The summed E-state index contributed by atoms with van der Waals surface area (Å²) in [5.74, 6) is 1.95. The fourth-order valence-electron chi connectivity index (χ4n) is 3.91. The number of carbonyl (C=O) groups excluding carboxylic acids is 1. The van der Waals surface area contributed by atoms with E-state index in [1.165, 1.54) is 0 Å². The number of fused-ring (bicyclic) bond motifs is 1. The molecule has 0 atom stereocenters. The fourth-order valence-corrected chi connectivity index (χ4v) is 3.91. The summed E-state index contributed by atoms with van der Waals surface area (Å²) in [6, 6.07) is 11.8. The molecule has 150 valence electrons. The number of hydrogen-bond donors (Lipinski definition) is 1. The molecular formula is C23H26N4O2. The van der Waals surface area contributed by atoms with Crippen LogP contribution in [0.1, 0.15) is 30.1 Å². The normalized spacial score (nSPS) is 14.7. The molecule has 1 amide bonds. The van der Waals surface area contributed by atoms with Crippen LogP contribution in [0.2, 0.25) is 0 Å². The molecule has 1 aliphatic heterocycles. The lowest BCUT2D eigenvalue weighted by Crippen LogP contribution is -2.39. The number of anilines is 1. The highest BCUT2D eigenvalue weighted by molar-refractivity contribution is 6.09. The van der Waals surface area contributed by atoms with Crippen LogP contribution >= 0.6 is 0 Å². The number of benzene rings is 2. The van der Waals surface area contributed by atoms with Gasteiger partial charge < -0.3 is 15.0 Å². The minimum atomic E-state index is -0.0680. The molecule has 1 N–H and O–H groups in total. The number of amides is 1. The van der Waals surface area contributed by atoms with Gasteiger partial charge in [-0.2, -0.15) is 0 Å². The zero-order valence-corrected chi connectivity index (χ0v) is 16.7. The van der Waals surface area contributed by atoms with E-state index in [1.54, 1.807) is 18.6 Å². The van der Waals surface area contributed by atoms with E-state index in [9.17, 15) is 4.79 Å². The average Bonchev–Trinajstić information content (AvgIpc) is 2.78. The Hall–Kier alpha value is -3.15. The van der Waals surface area contributed by atoms with Crippen molar-refractivity contribution in [1.29, 1.82) is 0 Å². The number of carbonyl (C=O) groups is 1. The number of nitrogens with zero attached hydrogens (tertiary/aromatic N) is 3. The van der Waals surface area contributed by atoms with Crippen LogP contribution in [-0.4, -0.2) is 42.1 Å². The SMILES string of the molecule is CCOc1ccc2ccccc2c1C(=O)NCC1CCN(c2cnccn2)CC1.